The van der Waals surface area contributed by atoms with Gasteiger partial charge >= 0.3 is 12.3 Å². The lowest BCUT2D eigenvalue weighted by molar-refractivity contribution is -0.137. The Hall–Kier alpha value is -2.05. The van der Waals surface area contributed by atoms with Crippen LogP contribution in [0.15, 0.2) is 18.2 Å². The maximum atomic E-state index is 13.0. The highest BCUT2D eigenvalue weighted by molar-refractivity contribution is 5.95. The number of amides is 1. The van der Waals surface area contributed by atoms with Crippen LogP contribution < -0.4 is 4.90 Å². The third kappa shape index (κ3) is 3.39. The van der Waals surface area contributed by atoms with Crippen molar-refractivity contribution in [2.75, 3.05) is 4.90 Å². The Bertz CT molecular complexity index is 649. The van der Waals surface area contributed by atoms with E-state index in [1.807, 2.05) is 0 Å². The molecule has 0 spiro atoms. The molecule has 132 valence electrons. The molecule has 1 aromatic rings. The van der Waals surface area contributed by atoms with Crippen LogP contribution in [0, 0.1) is 0 Å². The Labute approximate surface area is 138 Å². The van der Waals surface area contributed by atoms with Crippen molar-refractivity contribution in [2.45, 2.75) is 57.9 Å². The van der Waals surface area contributed by atoms with Crippen molar-refractivity contribution in [3.8, 4) is 0 Å². The first-order valence-electron chi connectivity index (χ1n) is 7.68. The number of fused-ring (bicyclic) bond motifs is 1. The molecule has 0 N–H and O–H groups in total. The predicted octanol–water partition coefficient (Wildman–Crippen LogP) is 4.52. The van der Waals surface area contributed by atoms with E-state index < -0.39 is 35.4 Å². The van der Waals surface area contributed by atoms with Gasteiger partial charge in [0.05, 0.1) is 23.2 Å². The molecule has 1 aliphatic rings. The molecule has 0 bridgehead atoms. The monoisotopic (exact) mass is 343 g/mol. The van der Waals surface area contributed by atoms with Crippen molar-refractivity contribution >= 4 is 18.1 Å². The van der Waals surface area contributed by atoms with Gasteiger partial charge in [0.25, 0.3) is 0 Å². The molecule has 2 unspecified atom stereocenters. The first-order valence-corrected chi connectivity index (χ1v) is 7.68. The molecule has 0 radical (unpaired) electrons. The number of nitrogens with zero attached hydrogens (tertiary/aromatic N) is 1. The zero-order valence-electron chi connectivity index (χ0n) is 14.0. The number of rotatable bonds is 2. The lowest BCUT2D eigenvalue weighted by Crippen LogP contribution is -2.42. The van der Waals surface area contributed by atoms with Gasteiger partial charge in [-0.3, -0.25) is 4.90 Å². The number of alkyl halides is 3. The third-order valence-electron chi connectivity index (χ3n) is 3.88. The second-order valence-electron chi connectivity index (χ2n) is 6.76. The number of halogens is 3. The highest BCUT2D eigenvalue weighted by atomic mass is 19.4. The van der Waals surface area contributed by atoms with Crippen molar-refractivity contribution in [1.29, 1.82) is 0 Å². The fourth-order valence-electron chi connectivity index (χ4n) is 2.90. The number of hydrogen-bond acceptors (Lipinski definition) is 3. The first-order chi connectivity index (χ1) is 11.0. The molecule has 0 saturated heterocycles. The van der Waals surface area contributed by atoms with E-state index in [1.54, 1.807) is 27.7 Å². The van der Waals surface area contributed by atoms with Crippen LogP contribution in [0.25, 0.3) is 0 Å². The van der Waals surface area contributed by atoms with Gasteiger partial charge < -0.3 is 9.53 Å². The molecule has 7 heteroatoms. The van der Waals surface area contributed by atoms with E-state index in [4.69, 9.17) is 4.74 Å². The van der Waals surface area contributed by atoms with Crippen LogP contribution >= 0.6 is 0 Å². The molecule has 1 aliphatic heterocycles. The van der Waals surface area contributed by atoms with Gasteiger partial charge in [-0.1, -0.05) is 13.0 Å². The van der Waals surface area contributed by atoms with Crippen LogP contribution in [0.5, 0.6) is 0 Å². The van der Waals surface area contributed by atoms with Crippen molar-refractivity contribution in [1.82, 2.24) is 0 Å². The summed E-state index contributed by atoms with van der Waals surface area (Å²) >= 11 is 0. The Balaban J connectivity index is 2.54. The van der Waals surface area contributed by atoms with Crippen LogP contribution in [-0.2, 0) is 15.7 Å². The lowest BCUT2D eigenvalue weighted by Gasteiger charge is -2.29. The number of carbonyl (C=O) groups excluding carboxylic acids is 2. The zero-order valence-corrected chi connectivity index (χ0v) is 14.0. The molecule has 0 aromatic heterocycles. The van der Waals surface area contributed by atoms with Crippen molar-refractivity contribution in [2.24, 2.45) is 0 Å². The molecule has 1 amide bonds. The van der Waals surface area contributed by atoms with E-state index in [2.05, 4.69) is 0 Å². The van der Waals surface area contributed by atoms with Gasteiger partial charge in [-0.2, -0.15) is 13.2 Å². The first kappa shape index (κ1) is 18.3. The predicted molar refractivity (Wildman–Crippen MR) is 83.0 cm³/mol. The average molecular weight is 343 g/mol. The molecular weight excluding hydrogens is 323 g/mol. The van der Waals surface area contributed by atoms with Crippen LogP contribution in [0.2, 0.25) is 0 Å². The summed E-state index contributed by atoms with van der Waals surface area (Å²) in [5.41, 5.74) is -1.16. The maximum absolute atomic E-state index is 13.0. The van der Waals surface area contributed by atoms with E-state index in [0.29, 0.717) is 18.3 Å². The summed E-state index contributed by atoms with van der Waals surface area (Å²) in [6, 6.07) is 2.55. The minimum Gasteiger partial charge on any atom is -0.443 e. The molecule has 2 atom stereocenters. The summed E-state index contributed by atoms with van der Waals surface area (Å²) in [5.74, 6) is -0.667. The molecule has 2 rings (SSSR count). The highest BCUT2D eigenvalue weighted by Crippen LogP contribution is 2.44. The topological polar surface area (TPSA) is 46.6 Å². The number of ether oxygens (including phenoxy) is 1. The molecule has 4 nitrogen and oxygen atoms in total. The number of hydrogen-bond donors (Lipinski definition) is 0. The van der Waals surface area contributed by atoms with Crippen LogP contribution in [0.4, 0.5) is 23.7 Å². The Morgan fingerprint density at radius 2 is 1.92 bits per heavy atom. The van der Waals surface area contributed by atoms with Gasteiger partial charge in [0, 0.05) is 0 Å². The molecule has 0 fully saturated rings. The van der Waals surface area contributed by atoms with E-state index in [1.165, 1.54) is 11.0 Å². The SMILES string of the molecule is CCC1C(C=O)c2ccc(C(F)(F)F)cc2N1C(=O)OC(C)(C)C. The van der Waals surface area contributed by atoms with Gasteiger partial charge in [0.2, 0.25) is 0 Å². The molecule has 1 heterocycles. The van der Waals surface area contributed by atoms with E-state index in [9.17, 15) is 22.8 Å². The molecular formula is C17H20F3NO3. The van der Waals surface area contributed by atoms with Gasteiger partial charge in [-0.05, 0) is 44.9 Å². The standard InChI is InChI=1S/C17H20F3NO3/c1-5-13-12(9-22)11-7-6-10(17(18,19)20)8-14(11)21(13)15(23)24-16(2,3)4/h6-9,12-13H,5H2,1-4H3. The molecule has 0 saturated carbocycles. The molecule has 24 heavy (non-hydrogen) atoms. The summed E-state index contributed by atoms with van der Waals surface area (Å²) in [6.07, 6.45) is -4.20. The minimum atomic E-state index is -4.53. The summed E-state index contributed by atoms with van der Waals surface area (Å²) in [4.78, 5) is 25.2. The Kier molecular flexibility index (Phi) is 4.65. The lowest BCUT2D eigenvalue weighted by atomic mass is 9.94. The van der Waals surface area contributed by atoms with Crippen molar-refractivity contribution < 1.29 is 27.5 Å². The Morgan fingerprint density at radius 1 is 1.29 bits per heavy atom. The van der Waals surface area contributed by atoms with E-state index in [-0.39, 0.29) is 5.69 Å². The number of aldehydes is 1. The second kappa shape index (κ2) is 6.11. The summed E-state index contributed by atoms with van der Waals surface area (Å²) in [5, 5.41) is 0. The maximum Gasteiger partial charge on any atom is 0.416 e. The summed E-state index contributed by atoms with van der Waals surface area (Å²) in [7, 11) is 0. The van der Waals surface area contributed by atoms with E-state index >= 15 is 0 Å². The zero-order chi connectivity index (χ0) is 18.3. The largest absolute Gasteiger partial charge is 0.443 e. The van der Waals surface area contributed by atoms with Crippen molar-refractivity contribution in [3.05, 3.63) is 29.3 Å². The van der Waals surface area contributed by atoms with Crippen LogP contribution in [0.3, 0.4) is 0 Å². The minimum absolute atomic E-state index is 0.0861. The quantitative estimate of drug-likeness (QED) is 0.742. The van der Waals surface area contributed by atoms with Crippen LogP contribution in [0.1, 0.15) is 51.2 Å². The summed E-state index contributed by atoms with van der Waals surface area (Å²) < 4.78 is 44.3. The average Bonchev–Trinajstić information content (AvgIpc) is 2.76. The second-order valence-corrected chi connectivity index (χ2v) is 6.76. The van der Waals surface area contributed by atoms with E-state index in [0.717, 1.165) is 12.1 Å². The summed E-state index contributed by atoms with van der Waals surface area (Å²) in [6.45, 7) is 6.79. The van der Waals surface area contributed by atoms with Crippen LogP contribution in [-0.4, -0.2) is 24.0 Å². The number of carbonyl (C=O) groups is 2. The van der Waals surface area contributed by atoms with Gasteiger partial charge in [-0.25, -0.2) is 4.79 Å². The number of benzene rings is 1. The van der Waals surface area contributed by atoms with Gasteiger partial charge in [-0.15, -0.1) is 0 Å². The van der Waals surface area contributed by atoms with Gasteiger partial charge in [0.15, 0.2) is 0 Å². The fourth-order valence-corrected chi connectivity index (χ4v) is 2.90. The Morgan fingerprint density at radius 3 is 2.38 bits per heavy atom. The van der Waals surface area contributed by atoms with Crippen molar-refractivity contribution in [3.63, 3.8) is 0 Å². The fraction of sp³-hybridized carbons (Fsp3) is 0.529. The smallest absolute Gasteiger partial charge is 0.416 e. The normalized spacial score (nSPS) is 20.7. The molecule has 1 aromatic carbocycles. The number of anilines is 1. The highest BCUT2D eigenvalue weighted by Gasteiger charge is 2.44. The van der Waals surface area contributed by atoms with Gasteiger partial charge in [0.1, 0.15) is 11.9 Å². The third-order valence-corrected chi connectivity index (χ3v) is 3.88. The molecule has 0 aliphatic carbocycles.